The zero-order chi connectivity index (χ0) is 18.3. The van der Waals surface area contributed by atoms with Gasteiger partial charge in [0.15, 0.2) is 9.84 Å². The fourth-order valence-electron chi connectivity index (χ4n) is 3.90. The molecule has 26 heavy (non-hydrogen) atoms. The van der Waals surface area contributed by atoms with E-state index in [4.69, 9.17) is 0 Å². The number of nitrogens with zero attached hydrogens (tertiary/aromatic N) is 2. The lowest BCUT2D eigenvalue weighted by molar-refractivity contribution is -0.123. The molecule has 2 heterocycles. The molecule has 2 atom stereocenters. The maximum atomic E-state index is 14.0. The first-order valence-corrected chi connectivity index (χ1v) is 10.3. The molecule has 1 amide bonds. The summed E-state index contributed by atoms with van der Waals surface area (Å²) in [5, 5.41) is 0. The number of anilines is 1. The zero-order valence-corrected chi connectivity index (χ0v) is 14.9. The number of piperazine rings is 1. The molecular formula is C19H19FN2O3S. The van der Waals surface area contributed by atoms with Gasteiger partial charge in [-0.25, -0.2) is 12.8 Å². The molecule has 2 aliphatic rings. The van der Waals surface area contributed by atoms with Crippen molar-refractivity contribution in [2.75, 3.05) is 23.0 Å². The highest BCUT2D eigenvalue weighted by molar-refractivity contribution is 7.91. The largest absolute Gasteiger partial charge is 0.306 e. The van der Waals surface area contributed by atoms with Crippen molar-refractivity contribution in [3.8, 4) is 0 Å². The van der Waals surface area contributed by atoms with Crippen LogP contribution in [0.1, 0.15) is 5.56 Å². The van der Waals surface area contributed by atoms with Gasteiger partial charge in [-0.2, -0.15) is 0 Å². The van der Waals surface area contributed by atoms with Gasteiger partial charge >= 0.3 is 0 Å². The predicted octanol–water partition coefficient (Wildman–Crippen LogP) is 1.84. The molecule has 0 radical (unpaired) electrons. The molecule has 2 aromatic rings. The first kappa shape index (κ1) is 17.2. The highest BCUT2D eigenvalue weighted by Crippen LogP contribution is 2.32. The van der Waals surface area contributed by atoms with Crippen molar-refractivity contribution in [1.29, 1.82) is 0 Å². The number of hydrogen-bond acceptors (Lipinski definition) is 4. The summed E-state index contributed by atoms with van der Waals surface area (Å²) in [7, 11) is -3.26. The van der Waals surface area contributed by atoms with Crippen LogP contribution >= 0.6 is 0 Å². The molecule has 136 valence electrons. The summed E-state index contributed by atoms with van der Waals surface area (Å²) in [5.41, 5.74) is 1.17. The summed E-state index contributed by atoms with van der Waals surface area (Å²) in [6.45, 7) is 0.289. The number of carbonyl (C=O) groups excluding carboxylic acids is 1. The van der Waals surface area contributed by atoms with Gasteiger partial charge in [-0.15, -0.1) is 0 Å². The number of halogens is 1. The SMILES string of the molecule is O=C1CN(Cc2ccccc2F)[C@@H]2CS(=O)(=O)C[C@H]2N1c1ccccc1. The van der Waals surface area contributed by atoms with Crippen LogP contribution in [0, 0.1) is 5.82 Å². The molecule has 4 rings (SSSR count). The Balaban J connectivity index is 1.68. The zero-order valence-electron chi connectivity index (χ0n) is 14.1. The summed E-state index contributed by atoms with van der Waals surface area (Å²) in [6, 6.07) is 14.7. The molecule has 2 fully saturated rings. The van der Waals surface area contributed by atoms with Crippen molar-refractivity contribution in [2.45, 2.75) is 18.6 Å². The Kier molecular flexibility index (Phi) is 4.28. The van der Waals surface area contributed by atoms with Crippen molar-refractivity contribution in [2.24, 2.45) is 0 Å². The Morgan fingerprint density at radius 1 is 0.962 bits per heavy atom. The van der Waals surface area contributed by atoms with Crippen molar-refractivity contribution >= 4 is 21.4 Å². The molecule has 2 aromatic carbocycles. The molecule has 2 aliphatic heterocycles. The third-order valence-corrected chi connectivity index (χ3v) is 6.77. The van der Waals surface area contributed by atoms with E-state index in [1.165, 1.54) is 6.07 Å². The fourth-order valence-corrected chi connectivity index (χ4v) is 5.88. The van der Waals surface area contributed by atoms with Gasteiger partial charge in [-0.1, -0.05) is 36.4 Å². The second kappa shape index (κ2) is 6.48. The van der Waals surface area contributed by atoms with Crippen LogP contribution in [-0.2, 0) is 21.2 Å². The topological polar surface area (TPSA) is 57.7 Å². The van der Waals surface area contributed by atoms with Gasteiger partial charge in [0, 0.05) is 23.8 Å². The van der Waals surface area contributed by atoms with Gasteiger partial charge in [0.2, 0.25) is 5.91 Å². The Morgan fingerprint density at radius 3 is 2.35 bits per heavy atom. The molecular weight excluding hydrogens is 355 g/mol. The van der Waals surface area contributed by atoms with Crippen molar-refractivity contribution in [3.05, 3.63) is 66.0 Å². The molecule has 0 aliphatic carbocycles. The van der Waals surface area contributed by atoms with Crippen LogP contribution in [0.15, 0.2) is 54.6 Å². The minimum Gasteiger partial charge on any atom is -0.306 e. The van der Waals surface area contributed by atoms with Crippen LogP contribution in [0.4, 0.5) is 10.1 Å². The first-order valence-electron chi connectivity index (χ1n) is 8.49. The molecule has 0 spiro atoms. The smallest absolute Gasteiger partial charge is 0.241 e. The summed E-state index contributed by atoms with van der Waals surface area (Å²) < 4.78 is 38.7. The minimum absolute atomic E-state index is 0.0112. The molecule has 0 bridgehead atoms. The standard InChI is InChI=1S/C19H19FN2O3S/c20-16-9-5-4-6-14(16)10-21-11-19(23)22(15-7-2-1-3-8-15)18-13-26(24,25)12-17(18)21/h1-9,17-18H,10-13H2/t17-,18-/m1/s1. The van der Waals surface area contributed by atoms with E-state index < -0.39 is 15.9 Å². The van der Waals surface area contributed by atoms with Gasteiger partial charge in [0.05, 0.1) is 24.1 Å². The maximum absolute atomic E-state index is 14.0. The molecule has 0 N–H and O–H groups in total. The van der Waals surface area contributed by atoms with E-state index in [0.29, 0.717) is 11.3 Å². The van der Waals surface area contributed by atoms with Crippen LogP contribution in [0.3, 0.4) is 0 Å². The van der Waals surface area contributed by atoms with E-state index in [-0.39, 0.29) is 42.4 Å². The van der Waals surface area contributed by atoms with Crippen LogP contribution in [0.5, 0.6) is 0 Å². The van der Waals surface area contributed by atoms with E-state index in [2.05, 4.69) is 0 Å². The van der Waals surface area contributed by atoms with Gasteiger partial charge in [0.25, 0.3) is 0 Å². The van der Waals surface area contributed by atoms with Crippen molar-refractivity contribution < 1.29 is 17.6 Å². The van der Waals surface area contributed by atoms with Crippen LogP contribution in [0.2, 0.25) is 0 Å². The number of fused-ring (bicyclic) bond motifs is 1. The number of sulfone groups is 1. The van der Waals surface area contributed by atoms with Crippen molar-refractivity contribution in [1.82, 2.24) is 4.90 Å². The molecule has 0 unspecified atom stereocenters. The molecule has 0 aromatic heterocycles. The maximum Gasteiger partial charge on any atom is 0.241 e. The summed E-state index contributed by atoms with van der Waals surface area (Å²) >= 11 is 0. The summed E-state index contributed by atoms with van der Waals surface area (Å²) in [5.74, 6) is -0.580. The van der Waals surface area contributed by atoms with Gasteiger partial charge in [0.1, 0.15) is 5.82 Å². The molecule has 7 heteroatoms. The highest BCUT2D eigenvalue weighted by Gasteiger charge is 2.49. The lowest BCUT2D eigenvalue weighted by Crippen LogP contribution is -2.61. The van der Waals surface area contributed by atoms with E-state index in [0.717, 1.165) is 0 Å². The molecule has 0 saturated carbocycles. The average Bonchev–Trinajstić information content (AvgIpc) is 2.93. The Hall–Kier alpha value is -2.25. The lowest BCUT2D eigenvalue weighted by Gasteiger charge is -2.43. The van der Waals surface area contributed by atoms with Gasteiger partial charge < -0.3 is 4.90 Å². The monoisotopic (exact) mass is 374 g/mol. The highest BCUT2D eigenvalue weighted by atomic mass is 32.2. The normalized spacial score (nSPS) is 25.3. The Morgan fingerprint density at radius 2 is 1.62 bits per heavy atom. The Bertz CT molecular complexity index is 933. The number of hydrogen-bond donors (Lipinski definition) is 0. The molecule has 5 nitrogen and oxygen atoms in total. The van der Waals surface area contributed by atoms with Crippen LogP contribution in [-0.4, -0.2) is 49.4 Å². The van der Waals surface area contributed by atoms with E-state index in [1.807, 2.05) is 30.3 Å². The summed E-state index contributed by atoms with van der Waals surface area (Å²) in [4.78, 5) is 16.2. The van der Waals surface area contributed by atoms with Gasteiger partial charge in [-0.3, -0.25) is 9.69 Å². The first-order chi connectivity index (χ1) is 12.4. The average molecular weight is 374 g/mol. The van der Waals surface area contributed by atoms with Crippen LogP contribution in [0.25, 0.3) is 0 Å². The van der Waals surface area contributed by atoms with Gasteiger partial charge in [-0.05, 0) is 18.2 Å². The Labute approximate surface area is 152 Å². The lowest BCUT2D eigenvalue weighted by atomic mass is 10.0. The van der Waals surface area contributed by atoms with E-state index >= 15 is 0 Å². The fraction of sp³-hybridized carbons (Fsp3) is 0.316. The second-order valence-corrected chi connectivity index (χ2v) is 8.96. The third-order valence-electron chi connectivity index (χ3n) is 5.07. The number of carbonyl (C=O) groups is 1. The number of amides is 1. The molecule has 2 saturated heterocycles. The number of benzene rings is 2. The summed E-state index contributed by atoms with van der Waals surface area (Å²) in [6.07, 6.45) is 0. The third kappa shape index (κ3) is 3.12. The number of para-hydroxylation sites is 1. The van der Waals surface area contributed by atoms with E-state index in [9.17, 15) is 17.6 Å². The quantitative estimate of drug-likeness (QED) is 0.823. The number of rotatable bonds is 3. The minimum atomic E-state index is -3.26. The van der Waals surface area contributed by atoms with E-state index in [1.54, 1.807) is 28.0 Å². The second-order valence-electron chi connectivity index (χ2n) is 6.81. The van der Waals surface area contributed by atoms with Crippen molar-refractivity contribution in [3.63, 3.8) is 0 Å². The predicted molar refractivity (Wildman–Crippen MR) is 97.0 cm³/mol. The van der Waals surface area contributed by atoms with Crippen LogP contribution < -0.4 is 4.90 Å².